The van der Waals surface area contributed by atoms with Gasteiger partial charge in [0.15, 0.2) is 0 Å². The number of nitrogens with zero attached hydrogens (tertiary/aromatic N) is 1. The number of aliphatic hydroxyl groups excluding tert-OH is 1. The van der Waals surface area contributed by atoms with E-state index in [1.54, 1.807) is 0 Å². The van der Waals surface area contributed by atoms with E-state index in [0.717, 1.165) is 37.7 Å². The lowest BCUT2D eigenvalue weighted by atomic mass is 9.85. The number of carbonyl (C=O) groups excluding carboxylic acids is 2. The van der Waals surface area contributed by atoms with Gasteiger partial charge in [0.05, 0.1) is 18.2 Å². The average molecular weight is 412 g/mol. The Morgan fingerprint density at radius 1 is 1.10 bits per heavy atom. The van der Waals surface area contributed by atoms with Crippen LogP contribution in [0.15, 0.2) is 47.4 Å². The number of hydrogen-bond acceptors (Lipinski definition) is 4. The van der Waals surface area contributed by atoms with Crippen LogP contribution in [-0.2, 0) is 6.54 Å². The topological polar surface area (TPSA) is 100 Å². The van der Waals surface area contributed by atoms with E-state index in [2.05, 4.69) is 10.6 Å². The fraction of sp³-hybridized carbons (Fsp3) is 0.435. The van der Waals surface area contributed by atoms with Crippen LogP contribution in [0.5, 0.6) is 0 Å². The second kappa shape index (κ2) is 10.2. The molecular weight excluding hydrogens is 382 g/mol. The summed E-state index contributed by atoms with van der Waals surface area (Å²) in [6.07, 6.45) is 5.75. The molecule has 1 aromatic heterocycles. The van der Waals surface area contributed by atoms with Gasteiger partial charge in [0.1, 0.15) is 5.56 Å². The molecule has 3 rings (SSSR count). The molecule has 2 amide bonds. The Morgan fingerprint density at radius 2 is 1.80 bits per heavy atom. The van der Waals surface area contributed by atoms with Gasteiger partial charge in [-0.2, -0.15) is 0 Å². The van der Waals surface area contributed by atoms with Crippen molar-refractivity contribution >= 4 is 11.8 Å². The van der Waals surface area contributed by atoms with Gasteiger partial charge in [0.25, 0.3) is 17.4 Å². The number of aromatic nitrogens is 1. The molecule has 0 radical (unpaired) electrons. The van der Waals surface area contributed by atoms with E-state index in [1.807, 2.05) is 30.3 Å². The summed E-state index contributed by atoms with van der Waals surface area (Å²) < 4.78 is 1.40. The van der Waals surface area contributed by atoms with Crippen LogP contribution in [0.1, 0.15) is 58.4 Å². The Balaban J connectivity index is 1.73. The number of nitrogens with one attached hydrogen (secondary N) is 2. The fourth-order valence-corrected chi connectivity index (χ4v) is 3.88. The SMILES string of the molecule is CNC(=O)c1cc(C(=O)NCC[C@H]2CC[C@H](O)CC2)cn(Cc2ccccc2)c1=O. The Bertz CT molecular complexity index is 931. The van der Waals surface area contributed by atoms with Crippen LogP contribution in [0.2, 0.25) is 0 Å². The van der Waals surface area contributed by atoms with Crippen molar-refractivity contribution in [3.05, 3.63) is 69.6 Å². The maximum absolute atomic E-state index is 12.7. The first-order valence-corrected chi connectivity index (χ1v) is 10.4. The first-order valence-electron chi connectivity index (χ1n) is 10.4. The number of rotatable bonds is 7. The van der Waals surface area contributed by atoms with Crippen LogP contribution < -0.4 is 16.2 Å². The van der Waals surface area contributed by atoms with Gasteiger partial charge < -0.3 is 20.3 Å². The number of pyridine rings is 1. The summed E-state index contributed by atoms with van der Waals surface area (Å²) in [6, 6.07) is 10.8. The standard InChI is InChI=1S/C23H29N3O4/c1-24-22(29)20-13-18(15-26(23(20)30)14-17-5-3-2-4-6-17)21(28)25-12-11-16-7-9-19(27)10-8-16/h2-6,13,15-16,19,27H,7-12,14H2,1H3,(H,24,29)(H,25,28)/t16-,19-. The quantitative estimate of drug-likeness (QED) is 0.648. The molecule has 0 aliphatic heterocycles. The first kappa shape index (κ1) is 21.8. The normalized spacial score (nSPS) is 18.6. The predicted octanol–water partition coefficient (Wildman–Crippen LogP) is 1.93. The van der Waals surface area contributed by atoms with Crippen molar-refractivity contribution in [2.45, 2.75) is 44.8 Å². The van der Waals surface area contributed by atoms with Crippen molar-refractivity contribution in [3.8, 4) is 0 Å². The molecule has 7 heteroatoms. The van der Waals surface area contributed by atoms with E-state index < -0.39 is 11.5 Å². The second-order valence-electron chi connectivity index (χ2n) is 7.86. The number of hydrogen-bond donors (Lipinski definition) is 3. The van der Waals surface area contributed by atoms with Crippen molar-refractivity contribution in [2.24, 2.45) is 5.92 Å². The van der Waals surface area contributed by atoms with E-state index in [-0.39, 0.29) is 29.7 Å². The molecule has 0 bridgehead atoms. The molecule has 1 aliphatic carbocycles. The third kappa shape index (κ3) is 5.57. The molecule has 30 heavy (non-hydrogen) atoms. The van der Waals surface area contributed by atoms with E-state index in [9.17, 15) is 19.5 Å². The van der Waals surface area contributed by atoms with Gasteiger partial charge in [-0.25, -0.2) is 0 Å². The van der Waals surface area contributed by atoms with E-state index in [4.69, 9.17) is 0 Å². The van der Waals surface area contributed by atoms with Crippen LogP contribution in [0.3, 0.4) is 0 Å². The molecule has 1 heterocycles. The minimum absolute atomic E-state index is 0.0534. The highest BCUT2D eigenvalue weighted by Crippen LogP contribution is 2.26. The Hall–Kier alpha value is -2.93. The van der Waals surface area contributed by atoms with Crippen molar-refractivity contribution in [1.29, 1.82) is 0 Å². The van der Waals surface area contributed by atoms with Gasteiger partial charge in [-0.1, -0.05) is 30.3 Å². The van der Waals surface area contributed by atoms with Crippen LogP contribution in [0.25, 0.3) is 0 Å². The zero-order valence-corrected chi connectivity index (χ0v) is 17.3. The van der Waals surface area contributed by atoms with Crippen LogP contribution in [0, 0.1) is 5.92 Å². The van der Waals surface area contributed by atoms with Crippen molar-refractivity contribution in [2.75, 3.05) is 13.6 Å². The third-order valence-electron chi connectivity index (χ3n) is 5.67. The third-order valence-corrected chi connectivity index (χ3v) is 5.67. The smallest absolute Gasteiger partial charge is 0.263 e. The van der Waals surface area contributed by atoms with Crippen molar-refractivity contribution in [1.82, 2.24) is 15.2 Å². The average Bonchev–Trinajstić information content (AvgIpc) is 2.76. The minimum Gasteiger partial charge on any atom is -0.393 e. The lowest BCUT2D eigenvalue weighted by Gasteiger charge is -2.25. The summed E-state index contributed by atoms with van der Waals surface area (Å²) in [5.41, 5.74) is 0.695. The van der Waals surface area contributed by atoms with Gasteiger partial charge in [0.2, 0.25) is 0 Å². The molecule has 7 nitrogen and oxygen atoms in total. The summed E-state index contributed by atoms with van der Waals surface area (Å²) in [5.74, 6) is -0.322. The van der Waals surface area contributed by atoms with E-state index in [0.29, 0.717) is 12.5 Å². The van der Waals surface area contributed by atoms with E-state index >= 15 is 0 Å². The highest BCUT2D eigenvalue weighted by molar-refractivity contribution is 5.99. The molecule has 0 unspecified atom stereocenters. The predicted molar refractivity (Wildman–Crippen MR) is 115 cm³/mol. The largest absolute Gasteiger partial charge is 0.393 e. The molecule has 0 spiro atoms. The highest BCUT2D eigenvalue weighted by atomic mass is 16.3. The number of benzene rings is 1. The summed E-state index contributed by atoms with van der Waals surface area (Å²) in [7, 11) is 1.46. The number of aliphatic hydroxyl groups is 1. The molecule has 0 atom stereocenters. The molecular formula is C23H29N3O4. The highest BCUT2D eigenvalue weighted by Gasteiger charge is 2.20. The second-order valence-corrected chi connectivity index (χ2v) is 7.86. The summed E-state index contributed by atoms with van der Waals surface area (Å²) in [4.78, 5) is 37.6. The Labute approximate surface area is 176 Å². The van der Waals surface area contributed by atoms with E-state index in [1.165, 1.54) is 23.9 Å². The molecule has 160 valence electrons. The molecule has 1 aromatic carbocycles. The maximum atomic E-state index is 12.7. The first-order chi connectivity index (χ1) is 14.5. The lowest BCUT2D eigenvalue weighted by Crippen LogP contribution is -2.34. The minimum atomic E-state index is -0.516. The summed E-state index contributed by atoms with van der Waals surface area (Å²) in [5, 5.41) is 15.0. The van der Waals surface area contributed by atoms with Crippen molar-refractivity contribution in [3.63, 3.8) is 0 Å². The molecule has 1 saturated carbocycles. The van der Waals surface area contributed by atoms with Crippen LogP contribution in [0.4, 0.5) is 0 Å². The number of amides is 2. The molecule has 1 aliphatic rings. The zero-order valence-electron chi connectivity index (χ0n) is 17.3. The molecule has 3 N–H and O–H groups in total. The molecule has 1 fully saturated rings. The summed E-state index contributed by atoms with van der Waals surface area (Å²) in [6.45, 7) is 0.794. The van der Waals surface area contributed by atoms with Crippen molar-refractivity contribution < 1.29 is 14.7 Å². The van der Waals surface area contributed by atoms with Crippen LogP contribution in [-0.4, -0.2) is 41.2 Å². The van der Waals surface area contributed by atoms with Crippen LogP contribution >= 0.6 is 0 Å². The number of carbonyl (C=O) groups is 2. The summed E-state index contributed by atoms with van der Waals surface area (Å²) >= 11 is 0. The molecule has 2 aromatic rings. The Morgan fingerprint density at radius 3 is 2.47 bits per heavy atom. The molecule has 0 saturated heterocycles. The fourth-order valence-electron chi connectivity index (χ4n) is 3.88. The van der Waals surface area contributed by atoms with Gasteiger partial charge >= 0.3 is 0 Å². The zero-order chi connectivity index (χ0) is 21.5. The Kier molecular flexibility index (Phi) is 7.41. The monoisotopic (exact) mass is 411 g/mol. The maximum Gasteiger partial charge on any atom is 0.263 e. The van der Waals surface area contributed by atoms with Gasteiger partial charge in [-0.15, -0.1) is 0 Å². The lowest BCUT2D eigenvalue weighted by molar-refractivity contribution is 0.0931. The van der Waals surface area contributed by atoms with Gasteiger partial charge in [0, 0.05) is 19.8 Å². The van der Waals surface area contributed by atoms with Gasteiger partial charge in [-0.3, -0.25) is 14.4 Å². The van der Waals surface area contributed by atoms with Gasteiger partial charge in [-0.05, 0) is 49.7 Å².